The molecular formula is C15H18N6S. The number of pyridine rings is 1. The minimum atomic E-state index is 0.420. The number of nitrogens with zero attached hydrogens (tertiary/aromatic N) is 5. The van der Waals surface area contributed by atoms with Gasteiger partial charge in [0.2, 0.25) is 0 Å². The Labute approximate surface area is 134 Å². The van der Waals surface area contributed by atoms with Crippen molar-refractivity contribution in [3.05, 3.63) is 34.5 Å². The Morgan fingerprint density at radius 3 is 2.86 bits per heavy atom. The number of aromatic nitrogens is 4. The molecule has 0 saturated carbocycles. The molecule has 1 aliphatic heterocycles. The zero-order valence-corrected chi connectivity index (χ0v) is 13.3. The average molecular weight is 314 g/mol. The Hall–Kier alpha value is -2.20. The van der Waals surface area contributed by atoms with E-state index in [1.54, 1.807) is 6.07 Å². The molecule has 0 aromatic carbocycles. The lowest BCUT2D eigenvalue weighted by Gasteiger charge is -2.32. The van der Waals surface area contributed by atoms with Crippen LogP contribution < -0.4 is 4.90 Å². The molecule has 1 saturated heterocycles. The fourth-order valence-electron chi connectivity index (χ4n) is 2.98. The van der Waals surface area contributed by atoms with Gasteiger partial charge in [-0.2, -0.15) is 10.4 Å². The van der Waals surface area contributed by atoms with Crippen LogP contribution in [0.2, 0.25) is 0 Å². The third kappa shape index (κ3) is 2.74. The van der Waals surface area contributed by atoms with E-state index in [9.17, 15) is 0 Å². The molecule has 0 atom stereocenters. The molecule has 1 aliphatic rings. The highest BCUT2D eigenvalue weighted by atomic mass is 32.1. The van der Waals surface area contributed by atoms with Crippen molar-refractivity contribution in [3.8, 4) is 6.07 Å². The van der Waals surface area contributed by atoms with E-state index in [0.717, 1.165) is 44.1 Å². The first-order chi connectivity index (χ1) is 10.7. The summed E-state index contributed by atoms with van der Waals surface area (Å²) in [5, 5.41) is 16.3. The molecule has 114 valence electrons. The molecule has 3 rings (SSSR count). The lowest BCUT2D eigenvalue weighted by Crippen LogP contribution is -2.34. The monoisotopic (exact) mass is 314 g/mol. The molecule has 0 aliphatic carbocycles. The van der Waals surface area contributed by atoms with Crippen LogP contribution >= 0.6 is 12.2 Å². The summed E-state index contributed by atoms with van der Waals surface area (Å²) < 4.78 is 2.77. The molecule has 2 aromatic heterocycles. The fourth-order valence-corrected chi connectivity index (χ4v) is 3.24. The Bertz CT molecular complexity index is 748. The van der Waals surface area contributed by atoms with E-state index in [1.165, 1.54) is 0 Å². The van der Waals surface area contributed by atoms with E-state index in [2.05, 4.69) is 37.6 Å². The molecule has 6 nitrogen and oxygen atoms in total. The SMILES string of the molecule is CCn1c(C2CCN(c3cccc(C#N)n3)CC2)n[nH]c1=S. The van der Waals surface area contributed by atoms with Gasteiger partial charge in [0.05, 0.1) is 0 Å². The van der Waals surface area contributed by atoms with Gasteiger partial charge < -0.3 is 9.47 Å². The first-order valence-corrected chi connectivity index (χ1v) is 7.91. The highest BCUT2D eigenvalue weighted by molar-refractivity contribution is 7.71. The van der Waals surface area contributed by atoms with Gasteiger partial charge in [0.25, 0.3) is 0 Å². The molecule has 0 amide bonds. The van der Waals surface area contributed by atoms with E-state index in [-0.39, 0.29) is 0 Å². The van der Waals surface area contributed by atoms with Crippen LogP contribution in [0.4, 0.5) is 5.82 Å². The highest BCUT2D eigenvalue weighted by Gasteiger charge is 2.25. The van der Waals surface area contributed by atoms with Gasteiger partial charge in [-0.15, -0.1) is 0 Å². The van der Waals surface area contributed by atoms with Crippen LogP contribution in [0.25, 0.3) is 0 Å². The van der Waals surface area contributed by atoms with E-state index in [4.69, 9.17) is 17.5 Å². The van der Waals surface area contributed by atoms with Crippen molar-refractivity contribution in [2.75, 3.05) is 18.0 Å². The third-order valence-electron chi connectivity index (χ3n) is 4.14. The topological polar surface area (TPSA) is 73.5 Å². The van der Waals surface area contributed by atoms with Crippen LogP contribution in [0, 0.1) is 16.1 Å². The summed E-state index contributed by atoms with van der Waals surface area (Å²) in [6, 6.07) is 7.67. The second-order valence-electron chi connectivity index (χ2n) is 5.39. The molecular weight excluding hydrogens is 296 g/mol. The highest BCUT2D eigenvalue weighted by Crippen LogP contribution is 2.28. The zero-order chi connectivity index (χ0) is 15.5. The third-order valence-corrected chi connectivity index (χ3v) is 4.45. The predicted octanol–water partition coefficient (Wildman–Crippen LogP) is 2.61. The van der Waals surface area contributed by atoms with Gasteiger partial charge in [0, 0.05) is 25.6 Å². The lowest BCUT2D eigenvalue weighted by atomic mass is 9.96. The Morgan fingerprint density at radius 1 is 1.41 bits per heavy atom. The molecule has 0 radical (unpaired) electrons. The number of aromatic amines is 1. The van der Waals surface area contributed by atoms with Gasteiger partial charge >= 0.3 is 0 Å². The van der Waals surface area contributed by atoms with Crippen LogP contribution in [-0.4, -0.2) is 32.8 Å². The molecule has 1 N–H and O–H groups in total. The van der Waals surface area contributed by atoms with Crippen LogP contribution in [0.1, 0.15) is 37.2 Å². The number of H-pyrrole nitrogens is 1. The number of hydrogen-bond donors (Lipinski definition) is 1. The number of piperidine rings is 1. The van der Waals surface area contributed by atoms with Crippen molar-refractivity contribution < 1.29 is 0 Å². The first-order valence-electron chi connectivity index (χ1n) is 7.50. The predicted molar refractivity (Wildman–Crippen MR) is 86.2 cm³/mol. The maximum Gasteiger partial charge on any atom is 0.195 e. The number of hydrogen-bond acceptors (Lipinski definition) is 5. The number of nitriles is 1. The maximum atomic E-state index is 8.96. The van der Waals surface area contributed by atoms with Gasteiger partial charge in [-0.3, -0.25) is 5.10 Å². The van der Waals surface area contributed by atoms with Crippen molar-refractivity contribution in [1.82, 2.24) is 19.7 Å². The Kier molecular flexibility index (Phi) is 4.20. The van der Waals surface area contributed by atoms with E-state index in [0.29, 0.717) is 16.4 Å². The van der Waals surface area contributed by atoms with Crippen molar-refractivity contribution in [3.63, 3.8) is 0 Å². The van der Waals surface area contributed by atoms with Gasteiger partial charge in [0.1, 0.15) is 23.4 Å². The summed E-state index contributed by atoms with van der Waals surface area (Å²) >= 11 is 5.26. The summed E-state index contributed by atoms with van der Waals surface area (Å²) in [4.78, 5) is 6.60. The van der Waals surface area contributed by atoms with Crippen molar-refractivity contribution >= 4 is 18.0 Å². The smallest absolute Gasteiger partial charge is 0.195 e. The number of rotatable bonds is 3. The summed E-state index contributed by atoms with van der Waals surface area (Å²) in [6.07, 6.45) is 2.02. The number of anilines is 1. The molecule has 2 aromatic rings. The molecule has 1 fully saturated rings. The Morgan fingerprint density at radius 2 is 2.18 bits per heavy atom. The Balaban J connectivity index is 1.72. The molecule has 22 heavy (non-hydrogen) atoms. The normalized spacial score (nSPS) is 15.7. The first kappa shape index (κ1) is 14.7. The standard InChI is InChI=1S/C15H18N6S/c1-2-21-14(18-19-15(21)22)11-6-8-20(9-7-11)13-5-3-4-12(10-16)17-13/h3-5,11H,2,6-9H2,1H3,(H,19,22). The zero-order valence-electron chi connectivity index (χ0n) is 12.5. The molecule has 3 heterocycles. The van der Waals surface area contributed by atoms with Crippen molar-refractivity contribution in [2.24, 2.45) is 0 Å². The molecule has 7 heteroatoms. The van der Waals surface area contributed by atoms with E-state index >= 15 is 0 Å². The van der Waals surface area contributed by atoms with E-state index in [1.807, 2.05) is 12.1 Å². The van der Waals surface area contributed by atoms with Crippen molar-refractivity contribution in [2.45, 2.75) is 32.2 Å². The van der Waals surface area contributed by atoms with Gasteiger partial charge in [-0.05, 0) is 44.1 Å². The summed E-state index contributed by atoms with van der Waals surface area (Å²) in [5.74, 6) is 2.36. The van der Waals surface area contributed by atoms with Crippen molar-refractivity contribution in [1.29, 1.82) is 5.26 Å². The summed E-state index contributed by atoms with van der Waals surface area (Å²) in [5.41, 5.74) is 0.464. The summed E-state index contributed by atoms with van der Waals surface area (Å²) in [7, 11) is 0. The van der Waals surface area contributed by atoms with Crippen LogP contribution in [0.15, 0.2) is 18.2 Å². The largest absolute Gasteiger partial charge is 0.357 e. The molecule has 0 spiro atoms. The number of nitrogens with one attached hydrogen (secondary N) is 1. The second-order valence-corrected chi connectivity index (χ2v) is 5.77. The lowest BCUT2D eigenvalue weighted by molar-refractivity contribution is 0.464. The molecule has 0 bridgehead atoms. The van der Waals surface area contributed by atoms with Gasteiger partial charge in [0.15, 0.2) is 4.77 Å². The van der Waals surface area contributed by atoms with Crippen LogP contribution in [-0.2, 0) is 6.54 Å². The van der Waals surface area contributed by atoms with E-state index < -0.39 is 0 Å². The average Bonchev–Trinajstić information content (AvgIpc) is 2.95. The minimum absolute atomic E-state index is 0.420. The quantitative estimate of drug-likeness (QED) is 0.882. The maximum absolute atomic E-state index is 8.96. The minimum Gasteiger partial charge on any atom is -0.357 e. The molecule has 0 unspecified atom stereocenters. The second kappa shape index (κ2) is 6.28. The summed E-state index contributed by atoms with van der Waals surface area (Å²) in [6.45, 7) is 4.75. The van der Waals surface area contributed by atoms with Crippen LogP contribution in [0.3, 0.4) is 0 Å². The van der Waals surface area contributed by atoms with Gasteiger partial charge in [-0.25, -0.2) is 4.98 Å². The van der Waals surface area contributed by atoms with Gasteiger partial charge in [-0.1, -0.05) is 6.07 Å². The van der Waals surface area contributed by atoms with Crippen LogP contribution in [0.5, 0.6) is 0 Å². The fraction of sp³-hybridized carbons (Fsp3) is 0.467.